The number of hydrogen-bond donors (Lipinski definition) is 0. The van der Waals surface area contributed by atoms with Crippen molar-refractivity contribution < 1.29 is 18.4 Å². The summed E-state index contributed by atoms with van der Waals surface area (Å²) in [6.45, 7) is 2.75. The molecule has 5 rings (SSSR count). The highest BCUT2D eigenvalue weighted by Gasteiger charge is 2.36. The third kappa shape index (κ3) is 4.06. The molecule has 0 saturated carbocycles. The number of hydrazone groups is 1. The Morgan fingerprint density at radius 1 is 1.03 bits per heavy atom. The largest absolute Gasteiger partial charge is 0.467 e. The second-order valence-corrected chi connectivity index (χ2v) is 8.49. The van der Waals surface area contributed by atoms with Gasteiger partial charge in [0.15, 0.2) is 0 Å². The Hall–Kier alpha value is -3.17. The van der Waals surface area contributed by atoms with Crippen LogP contribution in [0.15, 0.2) is 68.2 Å². The zero-order chi connectivity index (χ0) is 21.2. The van der Waals surface area contributed by atoms with Crippen LogP contribution < -0.4 is 0 Å². The van der Waals surface area contributed by atoms with E-state index in [1.807, 2.05) is 40.6 Å². The van der Waals surface area contributed by atoms with E-state index in [0.717, 1.165) is 10.6 Å². The summed E-state index contributed by atoms with van der Waals surface area (Å²) in [4.78, 5) is 30.4. The molecular weight excluding hydrogens is 416 g/mol. The van der Waals surface area contributed by atoms with E-state index in [1.54, 1.807) is 18.6 Å². The molecule has 0 aromatic carbocycles. The van der Waals surface area contributed by atoms with Gasteiger partial charge in [-0.2, -0.15) is 5.10 Å². The Balaban J connectivity index is 1.24. The highest BCUT2D eigenvalue weighted by atomic mass is 32.1. The number of carbonyl (C=O) groups is 2. The predicted octanol–water partition coefficient (Wildman–Crippen LogP) is 3.07. The topological polar surface area (TPSA) is 82.5 Å². The van der Waals surface area contributed by atoms with Gasteiger partial charge in [-0.05, 0) is 35.7 Å². The molecule has 0 aliphatic carbocycles. The lowest BCUT2D eigenvalue weighted by atomic mass is 10.1. The molecule has 3 aromatic rings. The summed E-state index contributed by atoms with van der Waals surface area (Å²) >= 11 is 1.45. The normalized spacial score (nSPS) is 19.6. The third-order valence-corrected chi connectivity index (χ3v) is 6.45. The van der Waals surface area contributed by atoms with Gasteiger partial charge < -0.3 is 13.7 Å². The molecule has 0 bridgehead atoms. The van der Waals surface area contributed by atoms with Crippen LogP contribution in [0.3, 0.4) is 0 Å². The van der Waals surface area contributed by atoms with Crippen LogP contribution in [-0.2, 0) is 4.79 Å². The first-order valence-electron chi connectivity index (χ1n) is 10.2. The Labute approximate surface area is 183 Å². The van der Waals surface area contributed by atoms with Crippen LogP contribution >= 0.6 is 11.3 Å². The third-order valence-electron chi connectivity index (χ3n) is 5.59. The van der Waals surface area contributed by atoms with Crippen LogP contribution in [0.5, 0.6) is 0 Å². The van der Waals surface area contributed by atoms with Crippen molar-refractivity contribution in [2.75, 3.05) is 32.7 Å². The van der Waals surface area contributed by atoms with Crippen molar-refractivity contribution in [3.8, 4) is 0 Å². The van der Waals surface area contributed by atoms with Crippen molar-refractivity contribution in [2.45, 2.75) is 12.5 Å². The van der Waals surface area contributed by atoms with Gasteiger partial charge >= 0.3 is 0 Å². The molecule has 3 aromatic heterocycles. The first kappa shape index (κ1) is 19.8. The van der Waals surface area contributed by atoms with Crippen molar-refractivity contribution in [1.82, 2.24) is 14.8 Å². The number of rotatable bonds is 5. The first-order valence-corrected chi connectivity index (χ1v) is 11.1. The van der Waals surface area contributed by atoms with Crippen molar-refractivity contribution in [1.29, 1.82) is 0 Å². The summed E-state index contributed by atoms with van der Waals surface area (Å²) in [5.41, 5.74) is 0.728. The average Bonchev–Trinajstić information content (AvgIpc) is 3.58. The van der Waals surface area contributed by atoms with Gasteiger partial charge in [0.05, 0.1) is 23.9 Å². The Morgan fingerprint density at radius 3 is 2.52 bits per heavy atom. The van der Waals surface area contributed by atoms with E-state index in [4.69, 9.17) is 8.83 Å². The molecule has 5 heterocycles. The van der Waals surface area contributed by atoms with Crippen LogP contribution in [0.25, 0.3) is 0 Å². The minimum atomic E-state index is -0.288. The molecule has 0 radical (unpaired) electrons. The maximum Gasteiger partial charge on any atom is 0.264 e. The predicted molar refractivity (Wildman–Crippen MR) is 115 cm³/mol. The molecule has 160 valence electrons. The van der Waals surface area contributed by atoms with Crippen LogP contribution in [-0.4, -0.2) is 65.1 Å². The van der Waals surface area contributed by atoms with Crippen LogP contribution in [0.1, 0.15) is 33.7 Å². The first-order chi connectivity index (χ1) is 15.2. The van der Waals surface area contributed by atoms with E-state index in [-0.39, 0.29) is 24.4 Å². The molecule has 2 aliphatic heterocycles. The molecule has 9 heteroatoms. The molecule has 8 nitrogen and oxygen atoms in total. The lowest BCUT2D eigenvalue weighted by molar-refractivity contribution is -0.134. The molecular formula is C22H22N4O4S. The van der Waals surface area contributed by atoms with Gasteiger partial charge in [0.25, 0.3) is 11.8 Å². The second-order valence-electron chi connectivity index (χ2n) is 7.54. The van der Waals surface area contributed by atoms with Crippen molar-refractivity contribution >= 4 is 28.9 Å². The van der Waals surface area contributed by atoms with E-state index < -0.39 is 0 Å². The number of thiophene rings is 1. The zero-order valence-electron chi connectivity index (χ0n) is 16.8. The minimum absolute atomic E-state index is 0.0612. The van der Waals surface area contributed by atoms with Crippen LogP contribution in [0.4, 0.5) is 0 Å². The lowest BCUT2D eigenvalue weighted by Gasteiger charge is -2.34. The van der Waals surface area contributed by atoms with Gasteiger partial charge in [-0.3, -0.25) is 14.5 Å². The number of nitrogens with zero attached hydrogens (tertiary/aromatic N) is 4. The number of hydrogen-bond acceptors (Lipinski definition) is 7. The molecule has 1 saturated heterocycles. The number of piperazine rings is 1. The van der Waals surface area contributed by atoms with Gasteiger partial charge in [-0.1, -0.05) is 6.07 Å². The average molecular weight is 439 g/mol. The van der Waals surface area contributed by atoms with E-state index in [1.165, 1.54) is 16.3 Å². The molecule has 2 aliphatic rings. The molecule has 1 atom stereocenters. The molecule has 1 fully saturated rings. The van der Waals surface area contributed by atoms with Gasteiger partial charge in [-0.15, -0.1) is 11.3 Å². The fraction of sp³-hybridized carbons (Fsp3) is 0.318. The number of furan rings is 2. The quantitative estimate of drug-likeness (QED) is 0.611. The standard InChI is InChI=1S/C22H22N4O4S/c27-21(15-24-7-9-25(10-8-24)22(28)20-6-3-13-31-20)26-17(19-5-2-12-30-19)14-16(23-26)18-4-1-11-29-18/h1-6,11-13,17H,7-10,14-15H2/t17-/m0/s1. The van der Waals surface area contributed by atoms with Gasteiger partial charge in [0.2, 0.25) is 0 Å². The maximum absolute atomic E-state index is 13.2. The van der Waals surface area contributed by atoms with Crippen LogP contribution in [0, 0.1) is 0 Å². The monoisotopic (exact) mass is 438 g/mol. The van der Waals surface area contributed by atoms with E-state index in [0.29, 0.717) is 44.1 Å². The van der Waals surface area contributed by atoms with Crippen LogP contribution in [0.2, 0.25) is 0 Å². The summed E-state index contributed by atoms with van der Waals surface area (Å²) < 4.78 is 11.1. The van der Waals surface area contributed by atoms with Crippen molar-refractivity contribution in [2.24, 2.45) is 5.10 Å². The summed E-state index contributed by atoms with van der Waals surface area (Å²) in [6, 6.07) is 10.8. The number of amides is 2. The van der Waals surface area contributed by atoms with Gasteiger partial charge in [0.1, 0.15) is 23.3 Å². The molecule has 0 N–H and O–H groups in total. The van der Waals surface area contributed by atoms with Gasteiger partial charge in [0, 0.05) is 32.6 Å². The number of carbonyl (C=O) groups excluding carboxylic acids is 2. The van der Waals surface area contributed by atoms with E-state index in [9.17, 15) is 9.59 Å². The molecule has 0 spiro atoms. The highest BCUT2D eigenvalue weighted by molar-refractivity contribution is 7.12. The smallest absolute Gasteiger partial charge is 0.264 e. The molecule has 0 unspecified atom stereocenters. The summed E-state index contributed by atoms with van der Waals surface area (Å²) in [7, 11) is 0. The summed E-state index contributed by atoms with van der Waals surface area (Å²) in [5, 5.41) is 7.99. The second kappa shape index (κ2) is 8.52. The molecule has 2 amide bonds. The van der Waals surface area contributed by atoms with E-state index in [2.05, 4.69) is 10.0 Å². The highest BCUT2D eigenvalue weighted by Crippen LogP contribution is 2.33. The maximum atomic E-state index is 13.2. The SMILES string of the molecule is O=C(c1cccs1)N1CCN(CC(=O)N2N=C(c3ccco3)C[C@H]2c2ccco2)CC1. The summed E-state index contributed by atoms with van der Waals surface area (Å²) in [6.07, 6.45) is 3.74. The fourth-order valence-corrected chi connectivity index (χ4v) is 4.65. The Morgan fingerprint density at radius 2 is 1.84 bits per heavy atom. The minimum Gasteiger partial charge on any atom is -0.467 e. The molecule has 31 heavy (non-hydrogen) atoms. The Bertz CT molecular complexity index is 1050. The zero-order valence-corrected chi connectivity index (χ0v) is 17.7. The Kier molecular flexibility index (Phi) is 5.44. The van der Waals surface area contributed by atoms with Crippen molar-refractivity contribution in [3.05, 3.63) is 70.7 Å². The van der Waals surface area contributed by atoms with Gasteiger partial charge in [-0.25, -0.2) is 5.01 Å². The lowest BCUT2D eigenvalue weighted by Crippen LogP contribution is -2.51. The van der Waals surface area contributed by atoms with E-state index >= 15 is 0 Å². The fourth-order valence-electron chi connectivity index (χ4n) is 3.96. The van der Waals surface area contributed by atoms with Crippen molar-refractivity contribution in [3.63, 3.8) is 0 Å². The summed E-state index contributed by atoms with van der Waals surface area (Å²) in [5.74, 6) is 1.32.